The minimum Gasteiger partial charge on any atom is -0.319 e. The van der Waals surface area contributed by atoms with Gasteiger partial charge in [0, 0.05) is 18.2 Å². The van der Waals surface area contributed by atoms with E-state index in [1.54, 1.807) is 11.7 Å². The summed E-state index contributed by atoms with van der Waals surface area (Å²) < 4.78 is 3.27. The molecule has 5 rings (SSSR count). The van der Waals surface area contributed by atoms with Gasteiger partial charge in [0.2, 0.25) is 5.91 Å². The summed E-state index contributed by atoms with van der Waals surface area (Å²) in [6.45, 7) is 1.81. The number of carbonyl (C=O) groups excluding carboxylic acids is 1. The number of carbonyl (C=O) groups is 1. The fraction of sp³-hybridized carbons (Fsp3) is 0.103. The minimum absolute atomic E-state index is 0.0611. The van der Waals surface area contributed by atoms with Crippen molar-refractivity contribution in [3.63, 3.8) is 0 Å². The van der Waals surface area contributed by atoms with Crippen molar-refractivity contribution in [3.8, 4) is 28.2 Å². The van der Waals surface area contributed by atoms with Crippen LogP contribution in [0.2, 0.25) is 0 Å². The van der Waals surface area contributed by atoms with E-state index >= 15 is 0 Å². The van der Waals surface area contributed by atoms with Crippen molar-refractivity contribution >= 4 is 23.4 Å². The molecule has 3 aromatic carbocycles. The second-order valence-corrected chi connectivity index (χ2v) is 9.37. The molecule has 0 aliphatic rings. The molecule has 1 N–H and O–H groups in total. The van der Waals surface area contributed by atoms with Crippen molar-refractivity contribution in [2.75, 3.05) is 11.1 Å². The topological polar surface area (TPSA) is 81.8 Å². The molecule has 184 valence electrons. The van der Waals surface area contributed by atoms with Gasteiger partial charge in [0.05, 0.1) is 28.5 Å². The van der Waals surface area contributed by atoms with Gasteiger partial charge in [-0.25, -0.2) is 14.6 Å². The smallest absolute Gasteiger partial charge is 0.295 e. The summed E-state index contributed by atoms with van der Waals surface area (Å²) in [5.41, 5.74) is 4.88. The first-order chi connectivity index (χ1) is 18.0. The van der Waals surface area contributed by atoms with Gasteiger partial charge in [-0.3, -0.25) is 14.3 Å². The molecule has 0 aliphatic carbocycles. The minimum atomic E-state index is -0.300. The van der Waals surface area contributed by atoms with Crippen LogP contribution in [0.1, 0.15) is 5.69 Å². The predicted molar refractivity (Wildman–Crippen MR) is 148 cm³/mol. The van der Waals surface area contributed by atoms with Crippen LogP contribution in [0.3, 0.4) is 0 Å². The Hall–Kier alpha value is -4.43. The number of rotatable bonds is 7. The first kappa shape index (κ1) is 24.3. The maximum absolute atomic E-state index is 13.1. The van der Waals surface area contributed by atoms with Gasteiger partial charge in [-0.1, -0.05) is 90.6 Å². The van der Waals surface area contributed by atoms with E-state index in [1.807, 2.05) is 104 Å². The number of nitrogens with one attached hydrogen (secondary N) is 1. The first-order valence-corrected chi connectivity index (χ1v) is 12.8. The van der Waals surface area contributed by atoms with Crippen LogP contribution < -0.4 is 10.9 Å². The molecule has 0 atom stereocenters. The Morgan fingerprint density at radius 1 is 0.838 bits per heavy atom. The maximum Gasteiger partial charge on any atom is 0.295 e. The van der Waals surface area contributed by atoms with E-state index in [1.165, 1.54) is 16.4 Å². The van der Waals surface area contributed by atoms with E-state index in [4.69, 9.17) is 9.97 Å². The molecule has 0 bridgehead atoms. The number of anilines is 1. The van der Waals surface area contributed by atoms with E-state index in [-0.39, 0.29) is 22.9 Å². The summed E-state index contributed by atoms with van der Waals surface area (Å²) >= 11 is 1.23. The number of hydrogen-bond donors (Lipinski definition) is 1. The summed E-state index contributed by atoms with van der Waals surface area (Å²) in [6, 6.07) is 31.0. The van der Waals surface area contributed by atoms with Crippen LogP contribution in [-0.2, 0) is 11.8 Å². The Morgan fingerprint density at radius 2 is 1.35 bits per heavy atom. The Kier molecular flexibility index (Phi) is 7.00. The highest BCUT2D eigenvalue weighted by atomic mass is 32.2. The van der Waals surface area contributed by atoms with Crippen LogP contribution in [-0.4, -0.2) is 31.0 Å². The molecule has 0 saturated heterocycles. The van der Waals surface area contributed by atoms with Crippen LogP contribution in [0.15, 0.2) is 107 Å². The molecule has 2 aromatic heterocycles. The zero-order valence-electron chi connectivity index (χ0n) is 20.5. The molecular formula is C29H25N5O2S. The molecule has 0 radical (unpaired) electrons. The molecule has 0 aliphatic heterocycles. The number of thioether (sulfide) groups is 1. The van der Waals surface area contributed by atoms with Crippen molar-refractivity contribution < 1.29 is 4.79 Å². The number of hydrogen-bond acceptors (Lipinski definition) is 5. The standard InChI is InChI=1S/C29H25N5O2S/c1-20-27(28(36)34(33(20)2)23-16-10-5-11-17-23)32-26(35)19-37-29-30-24(21-12-6-3-7-13-21)18-25(31-29)22-14-8-4-9-15-22/h3-18H,19H2,1-2H3,(H,32,35). The highest BCUT2D eigenvalue weighted by Crippen LogP contribution is 2.27. The average molecular weight is 508 g/mol. The van der Waals surface area contributed by atoms with E-state index in [0.29, 0.717) is 10.9 Å². The number of aromatic nitrogens is 4. The summed E-state index contributed by atoms with van der Waals surface area (Å²) in [5, 5.41) is 3.29. The third-order valence-corrected chi connectivity index (χ3v) is 6.84. The molecular weight excluding hydrogens is 482 g/mol. The van der Waals surface area contributed by atoms with Crippen LogP contribution in [0.4, 0.5) is 5.69 Å². The van der Waals surface area contributed by atoms with Gasteiger partial charge in [-0.2, -0.15) is 0 Å². The number of amides is 1. The quantitative estimate of drug-likeness (QED) is 0.238. The largest absolute Gasteiger partial charge is 0.319 e. The van der Waals surface area contributed by atoms with Crippen molar-refractivity contribution in [2.45, 2.75) is 12.1 Å². The molecule has 37 heavy (non-hydrogen) atoms. The fourth-order valence-electron chi connectivity index (χ4n) is 4.02. The molecule has 1 amide bonds. The van der Waals surface area contributed by atoms with E-state index in [9.17, 15) is 9.59 Å². The Morgan fingerprint density at radius 3 is 1.89 bits per heavy atom. The predicted octanol–water partition coefficient (Wildman–Crippen LogP) is 5.34. The van der Waals surface area contributed by atoms with Gasteiger partial charge in [-0.05, 0) is 25.1 Å². The summed E-state index contributed by atoms with van der Waals surface area (Å²) in [4.78, 5) is 35.4. The monoisotopic (exact) mass is 507 g/mol. The van der Waals surface area contributed by atoms with E-state index < -0.39 is 0 Å². The lowest BCUT2D eigenvalue weighted by Crippen LogP contribution is -2.23. The molecule has 7 nitrogen and oxygen atoms in total. The van der Waals surface area contributed by atoms with Crippen molar-refractivity contribution in [2.24, 2.45) is 7.05 Å². The van der Waals surface area contributed by atoms with Gasteiger partial charge in [0.1, 0.15) is 5.69 Å². The number of benzene rings is 3. The van der Waals surface area contributed by atoms with E-state index in [2.05, 4.69) is 5.32 Å². The lowest BCUT2D eigenvalue weighted by Gasteiger charge is -2.09. The van der Waals surface area contributed by atoms with Crippen molar-refractivity contribution in [3.05, 3.63) is 113 Å². The molecule has 2 heterocycles. The van der Waals surface area contributed by atoms with Crippen LogP contribution in [0, 0.1) is 6.92 Å². The molecule has 0 spiro atoms. The summed E-state index contributed by atoms with van der Waals surface area (Å²) in [7, 11) is 1.79. The third kappa shape index (κ3) is 5.24. The second-order valence-electron chi connectivity index (χ2n) is 8.43. The average Bonchev–Trinajstić information content (AvgIpc) is 3.16. The lowest BCUT2D eigenvalue weighted by molar-refractivity contribution is -0.113. The lowest BCUT2D eigenvalue weighted by atomic mass is 10.1. The first-order valence-electron chi connectivity index (χ1n) is 11.8. The molecule has 8 heteroatoms. The van der Waals surface area contributed by atoms with Crippen LogP contribution in [0.25, 0.3) is 28.2 Å². The normalized spacial score (nSPS) is 10.9. The highest BCUT2D eigenvalue weighted by molar-refractivity contribution is 7.99. The zero-order chi connectivity index (χ0) is 25.8. The number of nitrogens with zero attached hydrogens (tertiary/aromatic N) is 4. The highest BCUT2D eigenvalue weighted by Gasteiger charge is 2.19. The van der Waals surface area contributed by atoms with Gasteiger partial charge in [0.25, 0.3) is 5.56 Å². The Labute approximate surface area is 218 Å². The molecule has 0 saturated carbocycles. The van der Waals surface area contributed by atoms with Gasteiger partial charge >= 0.3 is 0 Å². The fourth-order valence-corrected chi connectivity index (χ4v) is 4.68. The van der Waals surface area contributed by atoms with Crippen molar-refractivity contribution in [1.82, 2.24) is 19.3 Å². The Balaban J connectivity index is 1.38. The third-order valence-electron chi connectivity index (χ3n) is 6.00. The second kappa shape index (κ2) is 10.7. The summed E-state index contributed by atoms with van der Waals surface area (Å²) in [5.74, 6) is -0.239. The van der Waals surface area contributed by atoms with Gasteiger partial charge in [-0.15, -0.1) is 0 Å². The summed E-state index contributed by atoms with van der Waals surface area (Å²) in [6.07, 6.45) is 0. The molecule has 0 unspecified atom stereocenters. The van der Waals surface area contributed by atoms with Crippen LogP contribution >= 0.6 is 11.8 Å². The SMILES string of the molecule is Cc1c(NC(=O)CSc2nc(-c3ccccc3)cc(-c3ccccc3)n2)c(=O)n(-c2ccccc2)n1C. The zero-order valence-corrected chi connectivity index (χ0v) is 21.3. The molecule has 0 fully saturated rings. The Bertz CT molecular complexity index is 1540. The molecule has 5 aromatic rings. The van der Waals surface area contributed by atoms with Crippen molar-refractivity contribution in [1.29, 1.82) is 0 Å². The van der Waals surface area contributed by atoms with Gasteiger partial charge in [0.15, 0.2) is 5.16 Å². The van der Waals surface area contributed by atoms with Crippen LogP contribution in [0.5, 0.6) is 0 Å². The maximum atomic E-state index is 13.1. The number of para-hydroxylation sites is 1. The van der Waals surface area contributed by atoms with E-state index in [0.717, 1.165) is 28.2 Å². The van der Waals surface area contributed by atoms with Gasteiger partial charge < -0.3 is 5.32 Å².